The average Bonchev–Trinajstić information content (AvgIpc) is 2.67. The lowest BCUT2D eigenvalue weighted by Gasteiger charge is -2.13. The molecule has 2 aromatic carbocycles. The van der Waals surface area contributed by atoms with Crippen molar-refractivity contribution < 1.29 is 18.9 Å². The Morgan fingerprint density at radius 2 is 1.07 bits per heavy atom. The third kappa shape index (κ3) is 8.41. The molecule has 0 aliphatic heterocycles. The molecule has 5 nitrogen and oxygen atoms in total. The molecule has 0 aromatic heterocycles. The highest BCUT2D eigenvalue weighted by Gasteiger charge is 2.04. The number of nitrogens with one attached hydrogen (secondary N) is 1. The van der Waals surface area contributed by atoms with E-state index in [2.05, 4.69) is 5.32 Å². The van der Waals surface area contributed by atoms with E-state index < -0.39 is 0 Å². The number of benzene rings is 2. The molecule has 0 amide bonds. The molecule has 1 N–H and O–H groups in total. The zero-order chi connectivity index (χ0) is 18.5. The van der Waals surface area contributed by atoms with Crippen LogP contribution in [0.3, 0.4) is 0 Å². The van der Waals surface area contributed by atoms with Gasteiger partial charge in [0.25, 0.3) is 0 Å². The van der Waals surface area contributed by atoms with Crippen molar-refractivity contribution in [3.05, 3.63) is 48.5 Å². The summed E-state index contributed by atoms with van der Waals surface area (Å²) in [5, 5.41) is 3.36. The average molecular weight is 396 g/mol. The van der Waals surface area contributed by atoms with Gasteiger partial charge in [-0.3, -0.25) is 0 Å². The molecule has 0 aliphatic carbocycles. The molecule has 2 rings (SSSR count). The van der Waals surface area contributed by atoms with Crippen LogP contribution in [0, 0.1) is 0 Å². The zero-order valence-corrected chi connectivity index (χ0v) is 16.9. The second-order valence-electron chi connectivity index (χ2n) is 5.56. The van der Waals surface area contributed by atoms with E-state index in [1.54, 1.807) is 0 Å². The van der Waals surface area contributed by atoms with Crippen LogP contribution >= 0.6 is 12.4 Å². The number of halogens is 1. The first-order valence-corrected chi connectivity index (χ1v) is 9.25. The quantitative estimate of drug-likeness (QED) is 0.511. The second kappa shape index (κ2) is 14.0. The van der Waals surface area contributed by atoms with Crippen LogP contribution in [0.15, 0.2) is 48.5 Å². The van der Waals surface area contributed by atoms with Crippen LogP contribution in [-0.2, 0) is 0 Å². The van der Waals surface area contributed by atoms with Crippen LogP contribution in [0.2, 0.25) is 0 Å². The minimum atomic E-state index is 0. The van der Waals surface area contributed by atoms with Crippen LogP contribution < -0.4 is 24.3 Å². The van der Waals surface area contributed by atoms with Gasteiger partial charge in [-0.25, -0.2) is 0 Å². The van der Waals surface area contributed by atoms with E-state index in [0.29, 0.717) is 26.4 Å². The van der Waals surface area contributed by atoms with Gasteiger partial charge in [0.1, 0.15) is 6.61 Å². The minimum Gasteiger partial charge on any atom is -0.490 e. The van der Waals surface area contributed by atoms with Crippen LogP contribution in [0.25, 0.3) is 0 Å². The highest BCUT2D eigenvalue weighted by Crippen LogP contribution is 2.27. The Morgan fingerprint density at radius 1 is 0.630 bits per heavy atom. The molecule has 0 bridgehead atoms. The Kier molecular flexibility index (Phi) is 11.9. The van der Waals surface area contributed by atoms with Crippen LogP contribution in [0.1, 0.15) is 20.3 Å². The lowest BCUT2D eigenvalue weighted by atomic mass is 10.3. The Balaban J connectivity index is 0.00000364. The summed E-state index contributed by atoms with van der Waals surface area (Å²) in [5.74, 6) is 3.16. The lowest BCUT2D eigenvalue weighted by Crippen LogP contribution is -2.23. The van der Waals surface area contributed by atoms with Crippen molar-refractivity contribution in [3.8, 4) is 23.0 Å². The Bertz CT molecular complexity index is 584. The predicted octanol–water partition coefficient (Wildman–Crippen LogP) is 4.34. The topological polar surface area (TPSA) is 49.0 Å². The summed E-state index contributed by atoms with van der Waals surface area (Å²) in [4.78, 5) is 0. The summed E-state index contributed by atoms with van der Waals surface area (Å²) < 4.78 is 22.7. The molecule has 0 saturated heterocycles. The van der Waals surface area contributed by atoms with Gasteiger partial charge in [-0.1, -0.05) is 24.3 Å². The summed E-state index contributed by atoms with van der Waals surface area (Å²) >= 11 is 0. The Labute approximate surface area is 168 Å². The third-order valence-electron chi connectivity index (χ3n) is 3.59. The maximum Gasteiger partial charge on any atom is 0.161 e. The molecule has 0 saturated carbocycles. The molecule has 0 atom stereocenters. The summed E-state index contributed by atoms with van der Waals surface area (Å²) in [7, 11) is 0. The molecule has 0 spiro atoms. The lowest BCUT2D eigenvalue weighted by molar-refractivity contribution is 0.264. The van der Waals surface area contributed by atoms with Gasteiger partial charge < -0.3 is 24.3 Å². The predicted molar refractivity (Wildman–Crippen MR) is 111 cm³/mol. The molecule has 2 aromatic rings. The van der Waals surface area contributed by atoms with Crippen LogP contribution in [-0.4, -0.2) is 39.5 Å². The van der Waals surface area contributed by atoms with E-state index in [1.165, 1.54) is 0 Å². The molecule has 6 heteroatoms. The van der Waals surface area contributed by atoms with Crippen molar-refractivity contribution >= 4 is 12.4 Å². The smallest absolute Gasteiger partial charge is 0.161 e. The van der Waals surface area contributed by atoms with Gasteiger partial charge in [-0.05, 0) is 51.1 Å². The molecular weight excluding hydrogens is 366 g/mol. The maximum absolute atomic E-state index is 5.80. The summed E-state index contributed by atoms with van der Waals surface area (Å²) in [5.41, 5.74) is 0. The number of rotatable bonds is 13. The maximum atomic E-state index is 5.80. The van der Waals surface area contributed by atoms with Crippen molar-refractivity contribution in [2.45, 2.75) is 20.3 Å². The molecule has 0 unspecified atom stereocenters. The van der Waals surface area contributed by atoms with Gasteiger partial charge in [0, 0.05) is 6.54 Å². The van der Waals surface area contributed by atoms with Crippen molar-refractivity contribution in [2.24, 2.45) is 0 Å². The van der Waals surface area contributed by atoms with Crippen molar-refractivity contribution in [3.63, 3.8) is 0 Å². The highest BCUT2D eigenvalue weighted by atomic mass is 35.5. The number of hydrogen-bond donors (Lipinski definition) is 1. The fraction of sp³-hybridized carbons (Fsp3) is 0.429. The van der Waals surface area contributed by atoms with E-state index in [9.17, 15) is 0 Å². The van der Waals surface area contributed by atoms with Crippen LogP contribution in [0.4, 0.5) is 0 Å². The normalized spacial score (nSPS) is 10.0. The number of ether oxygens (including phenoxy) is 4. The minimum absolute atomic E-state index is 0. The van der Waals surface area contributed by atoms with Gasteiger partial charge in [-0.2, -0.15) is 0 Å². The summed E-state index contributed by atoms with van der Waals surface area (Å²) in [6.07, 6.45) is 0.913. The fourth-order valence-electron chi connectivity index (χ4n) is 2.43. The van der Waals surface area contributed by atoms with Gasteiger partial charge in [0.2, 0.25) is 0 Å². The first kappa shape index (κ1) is 22.9. The SMILES string of the molecule is CCOc1ccccc1OCCCNCCOc1ccccc1OCC.Cl. The number of hydrogen-bond acceptors (Lipinski definition) is 5. The third-order valence-corrected chi connectivity index (χ3v) is 3.59. The molecule has 0 fully saturated rings. The second-order valence-corrected chi connectivity index (χ2v) is 5.56. The molecule has 0 heterocycles. The van der Waals surface area contributed by atoms with Gasteiger partial charge in [0.05, 0.1) is 19.8 Å². The zero-order valence-electron chi connectivity index (χ0n) is 16.1. The van der Waals surface area contributed by atoms with Gasteiger partial charge >= 0.3 is 0 Å². The van der Waals surface area contributed by atoms with Crippen molar-refractivity contribution in [2.75, 3.05) is 39.5 Å². The first-order chi connectivity index (χ1) is 12.8. The van der Waals surface area contributed by atoms with E-state index in [4.69, 9.17) is 18.9 Å². The molecule has 0 aliphatic rings. The first-order valence-electron chi connectivity index (χ1n) is 9.25. The fourth-order valence-corrected chi connectivity index (χ4v) is 2.43. The Hall–Kier alpha value is -2.11. The number of para-hydroxylation sites is 4. The van der Waals surface area contributed by atoms with Gasteiger partial charge in [0.15, 0.2) is 23.0 Å². The summed E-state index contributed by atoms with van der Waals surface area (Å²) in [6, 6.07) is 15.5. The van der Waals surface area contributed by atoms with E-state index >= 15 is 0 Å². The van der Waals surface area contributed by atoms with E-state index in [1.807, 2.05) is 62.4 Å². The van der Waals surface area contributed by atoms with Crippen molar-refractivity contribution in [1.29, 1.82) is 0 Å². The molecule has 0 radical (unpaired) electrons. The molecular formula is C21H30ClNO4. The highest BCUT2D eigenvalue weighted by molar-refractivity contribution is 5.85. The van der Waals surface area contributed by atoms with Gasteiger partial charge in [-0.15, -0.1) is 12.4 Å². The molecule has 27 heavy (non-hydrogen) atoms. The summed E-state index contributed by atoms with van der Waals surface area (Å²) in [6.45, 7) is 8.08. The van der Waals surface area contributed by atoms with E-state index in [0.717, 1.165) is 42.5 Å². The standard InChI is InChI=1S/C21H29NO4.ClH/c1-3-23-18-10-5-7-12-20(18)25-16-9-14-22-15-17-26-21-13-8-6-11-19(21)24-4-2;/h5-8,10-13,22H,3-4,9,14-17H2,1-2H3;1H. The molecule has 150 valence electrons. The Morgan fingerprint density at radius 3 is 1.56 bits per heavy atom. The van der Waals surface area contributed by atoms with E-state index in [-0.39, 0.29) is 12.4 Å². The monoisotopic (exact) mass is 395 g/mol. The largest absolute Gasteiger partial charge is 0.490 e. The van der Waals surface area contributed by atoms with Crippen LogP contribution in [0.5, 0.6) is 23.0 Å². The van der Waals surface area contributed by atoms with Crippen molar-refractivity contribution in [1.82, 2.24) is 5.32 Å².